The van der Waals surface area contributed by atoms with Crippen molar-refractivity contribution >= 4 is 5.91 Å². The smallest absolute Gasteiger partial charge is 0.323 e. The number of imidazole rings is 1. The highest BCUT2D eigenvalue weighted by Gasteiger charge is 2.41. The summed E-state index contributed by atoms with van der Waals surface area (Å²) in [4.78, 5) is 30.2. The average Bonchev–Trinajstić information content (AvgIpc) is 2.81. The van der Waals surface area contributed by atoms with Crippen LogP contribution in [0.5, 0.6) is 0 Å². The summed E-state index contributed by atoms with van der Waals surface area (Å²) in [5.41, 5.74) is 1.27. The minimum absolute atomic E-state index is 0.0663. The number of aromatic amines is 2. The van der Waals surface area contributed by atoms with Crippen LogP contribution in [0.3, 0.4) is 0 Å². The molecule has 90 valence electrons. The molecular formula is C12H15N3O2. The lowest BCUT2D eigenvalue weighted by molar-refractivity contribution is 0.0629. The highest BCUT2D eigenvalue weighted by molar-refractivity contribution is 5.92. The zero-order valence-electron chi connectivity index (χ0n) is 9.53. The van der Waals surface area contributed by atoms with Crippen LogP contribution in [0.2, 0.25) is 0 Å². The molecule has 0 radical (unpaired) electrons. The number of carbonyl (C=O) groups excluding carboxylic acids is 1. The molecule has 2 N–H and O–H groups in total. The van der Waals surface area contributed by atoms with Crippen molar-refractivity contribution < 1.29 is 4.79 Å². The van der Waals surface area contributed by atoms with E-state index >= 15 is 0 Å². The standard InChI is InChI=1S/C12H15N3O2/c1-7-4-8-2-3-9(5-7)15(8)11(16)10-6-13-12(17)14-10/h6,8-9H,1-5H2,(H2,13,14,17). The van der Waals surface area contributed by atoms with Gasteiger partial charge in [0, 0.05) is 18.3 Å². The van der Waals surface area contributed by atoms with Crippen LogP contribution in [0.25, 0.3) is 0 Å². The van der Waals surface area contributed by atoms with Gasteiger partial charge in [-0.3, -0.25) is 4.79 Å². The zero-order chi connectivity index (χ0) is 12.0. The molecule has 2 aliphatic heterocycles. The van der Waals surface area contributed by atoms with Crippen molar-refractivity contribution in [3.8, 4) is 0 Å². The summed E-state index contributed by atoms with van der Waals surface area (Å²) in [6.07, 6.45) is 5.34. The van der Waals surface area contributed by atoms with Gasteiger partial charge in [-0.1, -0.05) is 12.2 Å². The highest BCUT2D eigenvalue weighted by atomic mass is 16.2. The number of nitrogens with zero attached hydrogens (tertiary/aromatic N) is 1. The number of amides is 1. The minimum atomic E-state index is -0.331. The summed E-state index contributed by atoms with van der Waals surface area (Å²) in [5, 5.41) is 0. The third-order valence-electron chi connectivity index (χ3n) is 3.73. The number of piperidine rings is 1. The van der Waals surface area contributed by atoms with Gasteiger partial charge in [0.05, 0.1) is 0 Å². The van der Waals surface area contributed by atoms with E-state index in [9.17, 15) is 9.59 Å². The van der Waals surface area contributed by atoms with Crippen LogP contribution in [0, 0.1) is 0 Å². The van der Waals surface area contributed by atoms with E-state index < -0.39 is 0 Å². The number of nitrogens with one attached hydrogen (secondary N) is 2. The first-order valence-electron chi connectivity index (χ1n) is 5.92. The van der Waals surface area contributed by atoms with E-state index in [-0.39, 0.29) is 23.7 Å². The lowest BCUT2D eigenvalue weighted by Gasteiger charge is -2.35. The van der Waals surface area contributed by atoms with Crippen LogP contribution in [0.4, 0.5) is 0 Å². The average molecular weight is 233 g/mol. The van der Waals surface area contributed by atoms with E-state index in [0.29, 0.717) is 5.69 Å². The van der Waals surface area contributed by atoms with Crippen molar-refractivity contribution in [3.05, 3.63) is 34.5 Å². The van der Waals surface area contributed by atoms with E-state index in [1.165, 1.54) is 11.8 Å². The Hall–Kier alpha value is -1.78. The normalized spacial score (nSPS) is 27.5. The molecular weight excluding hydrogens is 218 g/mol. The quantitative estimate of drug-likeness (QED) is 0.711. The van der Waals surface area contributed by atoms with E-state index in [0.717, 1.165) is 25.7 Å². The second kappa shape index (κ2) is 3.61. The lowest BCUT2D eigenvalue weighted by atomic mass is 9.98. The van der Waals surface area contributed by atoms with Crippen LogP contribution in [-0.2, 0) is 0 Å². The van der Waals surface area contributed by atoms with Crippen molar-refractivity contribution in [1.82, 2.24) is 14.9 Å². The van der Waals surface area contributed by atoms with Gasteiger partial charge in [0.25, 0.3) is 5.91 Å². The van der Waals surface area contributed by atoms with Gasteiger partial charge >= 0.3 is 5.69 Å². The van der Waals surface area contributed by atoms with Gasteiger partial charge < -0.3 is 14.9 Å². The number of hydrogen-bond acceptors (Lipinski definition) is 2. The second-order valence-electron chi connectivity index (χ2n) is 4.91. The maximum absolute atomic E-state index is 12.3. The fraction of sp³-hybridized carbons (Fsp3) is 0.500. The minimum Gasteiger partial charge on any atom is -0.331 e. The lowest BCUT2D eigenvalue weighted by Crippen LogP contribution is -2.44. The molecule has 0 saturated carbocycles. The van der Waals surface area contributed by atoms with E-state index in [2.05, 4.69) is 16.5 Å². The number of rotatable bonds is 1. The Morgan fingerprint density at radius 3 is 2.53 bits per heavy atom. The molecule has 1 aromatic heterocycles. The van der Waals surface area contributed by atoms with Gasteiger partial charge in [-0.05, 0) is 25.7 Å². The van der Waals surface area contributed by atoms with Crippen molar-refractivity contribution in [2.75, 3.05) is 0 Å². The molecule has 2 fully saturated rings. The Kier molecular flexibility index (Phi) is 2.21. The van der Waals surface area contributed by atoms with Crippen molar-refractivity contribution in [2.45, 2.75) is 37.8 Å². The van der Waals surface area contributed by atoms with Crippen molar-refractivity contribution in [2.24, 2.45) is 0 Å². The number of aromatic nitrogens is 2. The molecule has 2 aliphatic rings. The number of H-pyrrole nitrogens is 2. The Bertz CT molecular complexity index is 512. The molecule has 17 heavy (non-hydrogen) atoms. The van der Waals surface area contributed by atoms with Crippen LogP contribution < -0.4 is 5.69 Å². The molecule has 0 aliphatic carbocycles. The summed E-state index contributed by atoms with van der Waals surface area (Å²) in [5.74, 6) is -0.0663. The summed E-state index contributed by atoms with van der Waals surface area (Å²) >= 11 is 0. The van der Waals surface area contributed by atoms with Gasteiger partial charge in [-0.15, -0.1) is 0 Å². The Balaban J connectivity index is 1.88. The molecule has 2 bridgehead atoms. The SMILES string of the molecule is C=C1CC2CCC(C1)N2C(=O)c1c[nH]c(=O)[nH]1. The Morgan fingerprint density at radius 1 is 1.35 bits per heavy atom. The van der Waals surface area contributed by atoms with Crippen molar-refractivity contribution in [3.63, 3.8) is 0 Å². The molecule has 2 atom stereocenters. The molecule has 3 rings (SSSR count). The van der Waals surface area contributed by atoms with E-state index in [1.54, 1.807) is 0 Å². The molecule has 5 heteroatoms. The van der Waals surface area contributed by atoms with E-state index in [1.807, 2.05) is 4.90 Å². The van der Waals surface area contributed by atoms with Crippen LogP contribution in [0.1, 0.15) is 36.2 Å². The predicted octanol–water partition coefficient (Wildman–Crippen LogP) is 1.03. The first-order valence-corrected chi connectivity index (χ1v) is 5.92. The topological polar surface area (TPSA) is 69.0 Å². The van der Waals surface area contributed by atoms with E-state index in [4.69, 9.17) is 0 Å². The molecule has 2 unspecified atom stereocenters. The largest absolute Gasteiger partial charge is 0.331 e. The van der Waals surface area contributed by atoms with Gasteiger partial charge in [0.1, 0.15) is 5.69 Å². The number of hydrogen-bond donors (Lipinski definition) is 2. The third kappa shape index (κ3) is 1.62. The van der Waals surface area contributed by atoms with Gasteiger partial charge in [0.2, 0.25) is 0 Å². The molecule has 3 heterocycles. The number of fused-ring (bicyclic) bond motifs is 2. The van der Waals surface area contributed by atoms with Gasteiger partial charge in [-0.2, -0.15) is 0 Å². The zero-order valence-corrected chi connectivity index (χ0v) is 9.53. The Morgan fingerprint density at radius 2 is 2.00 bits per heavy atom. The third-order valence-corrected chi connectivity index (χ3v) is 3.73. The monoisotopic (exact) mass is 233 g/mol. The summed E-state index contributed by atoms with van der Waals surface area (Å²) in [6, 6.07) is 0.541. The predicted molar refractivity (Wildman–Crippen MR) is 62.8 cm³/mol. The van der Waals surface area contributed by atoms with Crippen LogP contribution in [0.15, 0.2) is 23.1 Å². The fourth-order valence-electron chi connectivity index (χ4n) is 3.03. The molecule has 1 aromatic rings. The molecule has 1 amide bonds. The van der Waals surface area contributed by atoms with Gasteiger partial charge in [0.15, 0.2) is 0 Å². The highest BCUT2D eigenvalue weighted by Crippen LogP contribution is 2.38. The Labute approximate surface area is 98.5 Å². The molecule has 5 nitrogen and oxygen atoms in total. The fourth-order valence-corrected chi connectivity index (χ4v) is 3.03. The van der Waals surface area contributed by atoms with Crippen LogP contribution >= 0.6 is 0 Å². The molecule has 0 spiro atoms. The first-order chi connectivity index (χ1) is 8.15. The molecule has 2 saturated heterocycles. The van der Waals surface area contributed by atoms with Crippen molar-refractivity contribution in [1.29, 1.82) is 0 Å². The number of carbonyl (C=O) groups is 1. The summed E-state index contributed by atoms with van der Waals surface area (Å²) < 4.78 is 0. The van der Waals surface area contributed by atoms with Crippen LogP contribution in [-0.4, -0.2) is 32.9 Å². The maximum Gasteiger partial charge on any atom is 0.323 e. The van der Waals surface area contributed by atoms with Gasteiger partial charge in [-0.25, -0.2) is 4.79 Å². The maximum atomic E-state index is 12.3. The molecule has 0 aromatic carbocycles. The first kappa shape index (κ1) is 10.4. The second-order valence-corrected chi connectivity index (χ2v) is 4.91. The summed E-state index contributed by atoms with van der Waals surface area (Å²) in [6.45, 7) is 4.02. The summed E-state index contributed by atoms with van der Waals surface area (Å²) in [7, 11) is 0.